The van der Waals surface area contributed by atoms with Crippen LogP contribution in [0.2, 0.25) is 0 Å². The molecule has 98 valence electrons. The molecule has 0 spiro atoms. The van der Waals surface area contributed by atoms with Crippen molar-refractivity contribution in [3.05, 3.63) is 30.1 Å². The van der Waals surface area contributed by atoms with Gasteiger partial charge in [0.2, 0.25) is 0 Å². The first kappa shape index (κ1) is 16.1. The second-order valence-electron chi connectivity index (χ2n) is 6.00. The lowest BCUT2D eigenvalue weighted by Gasteiger charge is -2.40. The number of hydrogen-bond donors (Lipinski definition) is 0. The largest absolute Gasteiger partial charge is 0.265 e. The van der Waals surface area contributed by atoms with E-state index in [2.05, 4.69) is 46.5 Å². The standard InChI is InChI=1S/C10H22.C6H7N/c1-7-9(3,4)10(5,6)8-2;1-6-2-4-7-5-3-6/h7-8H2,1-6H3;2-5H,1H3. The highest BCUT2D eigenvalue weighted by atomic mass is 14.6. The van der Waals surface area contributed by atoms with Crippen LogP contribution in [0.3, 0.4) is 0 Å². The van der Waals surface area contributed by atoms with Crippen LogP contribution in [-0.2, 0) is 0 Å². The summed E-state index contributed by atoms with van der Waals surface area (Å²) in [4.78, 5) is 3.85. The highest BCUT2D eigenvalue weighted by Gasteiger charge is 2.33. The van der Waals surface area contributed by atoms with E-state index in [0.717, 1.165) is 0 Å². The van der Waals surface area contributed by atoms with Gasteiger partial charge in [0.25, 0.3) is 0 Å². The van der Waals surface area contributed by atoms with Crippen molar-refractivity contribution in [2.75, 3.05) is 0 Å². The molecule has 0 N–H and O–H groups in total. The monoisotopic (exact) mass is 235 g/mol. The second kappa shape index (κ2) is 6.78. The average molecular weight is 235 g/mol. The van der Waals surface area contributed by atoms with Crippen molar-refractivity contribution in [3.63, 3.8) is 0 Å². The molecule has 0 aliphatic carbocycles. The van der Waals surface area contributed by atoms with E-state index < -0.39 is 0 Å². The summed E-state index contributed by atoms with van der Waals surface area (Å²) >= 11 is 0. The zero-order chi connectivity index (χ0) is 13.5. The maximum Gasteiger partial charge on any atom is 0.0270 e. The molecule has 17 heavy (non-hydrogen) atoms. The maximum atomic E-state index is 3.85. The minimum absolute atomic E-state index is 0.488. The highest BCUT2D eigenvalue weighted by molar-refractivity contribution is 5.05. The Morgan fingerprint density at radius 3 is 1.41 bits per heavy atom. The van der Waals surface area contributed by atoms with Gasteiger partial charge in [0.15, 0.2) is 0 Å². The minimum Gasteiger partial charge on any atom is -0.265 e. The molecule has 0 unspecified atom stereocenters. The summed E-state index contributed by atoms with van der Waals surface area (Å²) in [6.45, 7) is 16.0. The number of rotatable bonds is 3. The number of hydrogen-bond acceptors (Lipinski definition) is 1. The van der Waals surface area contributed by atoms with E-state index in [1.165, 1.54) is 18.4 Å². The summed E-state index contributed by atoms with van der Waals surface area (Å²) in [5, 5.41) is 0. The molecule has 0 atom stereocenters. The van der Waals surface area contributed by atoms with E-state index in [4.69, 9.17) is 0 Å². The van der Waals surface area contributed by atoms with E-state index >= 15 is 0 Å². The Kier molecular flexibility index (Phi) is 6.44. The Balaban J connectivity index is 0.000000318. The molecular formula is C16H29N. The van der Waals surface area contributed by atoms with Crippen molar-refractivity contribution < 1.29 is 0 Å². The van der Waals surface area contributed by atoms with Crippen LogP contribution < -0.4 is 0 Å². The summed E-state index contributed by atoms with van der Waals surface area (Å²) in [7, 11) is 0. The van der Waals surface area contributed by atoms with Gasteiger partial charge in [-0.2, -0.15) is 0 Å². The van der Waals surface area contributed by atoms with Crippen LogP contribution in [0.25, 0.3) is 0 Å². The lowest BCUT2D eigenvalue weighted by atomic mass is 9.65. The van der Waals surface area contributed by atoms with Crippen molar-refractivity contribution in [2.24, 2.45) is 10.8 Å². The number of nitrogens with zero attached hydrogens (tertiary/aromatic N) is 1. The Hall–Kier alpha value is -0.850. The van der Waals surface area contributed by atoms with Gasteiger partial charge in [-0.1, -0.05) is 54.4 Å². The zero-order valence-electron chi connectivity index (χ0n) is 12.7. The fraction of sp³-hybridized carbons (Fsp3) is 0.688. The highest BCUT2D eigenvalue weighted by Crippen LogP contribution is 2.43. The smallest absolute Gasteiger partial charge is 0.0270 e. The molecule has 1 rings (SSSR count). The van der Waals surface area contributed by atoms with Gasteiger partial charge in [0, 0.05) is 12.4 Å². The van der Waals surface area contributed by atoms with Gasteiger partial charge >= 0.3 is 0 Å². The van der Waals surface area contributed by atoms with Crippen LogP contribution in [0, 0.1) is 17.8 Å². The van der Waals surface area contributed by atoms with Crippen molar-refractivity contribution in [2.45, 2.75) is 61.3 Å². The zero-order valence-corrected chi connectivity index (χ0v) is 12.7. The molecule has 1 heteroatoms. The van der Waals surface area contributed by atoms with Crippen molar-refractivity contribution in [1.82, 2.24) is 4.98 Å². The average Bonchev–Trinajstić information content (AvgIpc) is 2.30. The first-order valence-electron chi connectivity index (χ1n) is 6.63. The fourth-order valence-corrected chi connectivity index (χ4v) is 1.38. The van der Waals surface area contributed by atoms with Crippen LogP contribution in [0.4, 0.5) is 0 Å². The van der Waals surface area contributed by atoms with Gasteiger partial charge in [-0.15, -0.1) is 0 Å². The third-order valence-electron chi connectivity index (χ3n) is 4.45. The van der Waals surface area contributed by atoms with Crippen LogP contribution in [-0.4, -0.2) is 4.98 Å². The van der Waals surface area contributed by atoms with Gasteiger partial charge < -0.3 is 0 Å². The number of pyridine rings is 1. The van der Waals surface area contributed by atoms with Crippen molar-refractivity contribution in [3.8, 4) is 0 Å². The molecule has 0 saturated heterocycles. The minimum atomic E-state index is 0.488. The molecule has 0 bridgehead atoms. The van der Waals surface area contributed by atoms with Crippen LogP contribution in [0.15, 0.2) is 24.5 Å². The van der Waals surface area contributed by atoms with Crippen LogP contribution in [0.1, 0.15) is 59.9 Å². The van der Waals surface area contributed by atoms with Gasteiger partial charge in [-0.25, -0.2) is 0 Å². The summed E-state index contributed by atoms with van der Waals surface area (Å²) in [6, 6.07) is 3.94. The Bertz CT molecular complexity index is 285. The molecule has 1 nitrogen and oxygen atoms in total. The quantitative estimate of drug-likeness (QED) is 0.697. The number of aromatic nitrogens is 1. The van der Waals surface area contributed by atoms with E-state index in [-0.39, 0.29) is 0 Å². The summed E-state index contributed by atoms with van der Waals surface area (Å²) in [5.74, 6) is 0. The fourth-order valence-electron chi connectivity index (χ4n) is 1.38. The Morgan fingerprint density at radius 2 is 1.24 bits per heavy atom. The molecule has 0 radical (unpaired) electrons. The molecule has 0 aliphatic heterocycles. The van der Waals surface area contributed by atoms with Gasteiger partial charge in [0.1, 0.15) is 0 Å². The molecule has 0 aromatic carbocycles. The molecule has 1 aromatic heterocycles. The summed E-state index contributed by atoms with van der Waals surface area (Å²) < 4.78 is 0. The first-order valence-corrected chi connectivity index (χ1v) is 6.63. The van der Waals surface area contributed by atoms with E-state index in [1.807, 2.05) is 19.1 Å². The SMILES string of the molecule is CCC(C)(C)C(C)(C)CC.Cc1ccncc1. The van der Waals surface area contributed by atoms with E-state index in [1.54, 1.807) is 12.4 Å². The Labute approximate surface area is 108 Å². The van der Waals surface area contributed by atoms with Crippen molar-refractivity contribution >= 4 is 0 Å². The molecule has 0 amide bonds. The molecule has 1 heterocycles. The van der Waals surface area contributed by atoms with Gasteiger partial charge in [-0.05, 0) is 35.4 Å². The van der Waals surface area contributed by atoms with Gasteiger partial charge in [-0.3, -0.25) is 4.98 Å². The second-order valence-corrected chi connectivity index (χ2v) is 6.00. The molecular weight excluding hydrogens is 206 g/mol. The lowest BCUT2D eigenvalue weighted by Crippen LogP contribution is -2.30. The first-order chi connectivity index (χ1) is 7.77. The molecule has 1 aromatic rings. The summed E-state index contributed by atoms with van der Waals surface area (Å²) in [6.07, 6.45) is 6.12. The topological polar surface area (TPSA) is 12.9 Å². The number of aryl methyl sites for hydroxylation is 1. The van der Waals surface area contributed by atoms with E-state index in [9.17, 15) is 0 Å². The molecule has 0 fully saturated rings. The lowest BCUT2D eigenvalue weighted by molar-refractivity contribution is 0.0998. The van der Waals surface area contributed by atoms with Crippen LogP contribution >= 0.6 is 0 Å². The molecule has 0 saturated carbocycles. The predicted molar refractivity (Wildman–Crippen MR) is 77.1 cm³/mol. The maximum absolute atomic E-state index is 3.85. The van der Waals surface area contributed by atoms with E-state index in [0.29, 0.717) is 10.8 Å². The Morgan fingerprint density at radius 1 is 0.882 bits per heavy atom. The third-order valence-corrected chi connectivity index (χ3v) is 4.45. The van der Waals surface area contributed by atoms with Gasteiger partial charge in [0.05, 0.1) is 0 Å². The van der Waals surface area contributed by atoms with Crippen molar-refractivity contribution in [1.29, 1.82) is 0 Å². The molecule has 0 aliphatic rings. The third kappa shape index (κ3) is 5.34. The predicted octanol–water partition coefficient (Wildman–Crippen LogP) is 5.25. The summed E-state index contributed by atoms with van der Waals surface area (Å²) in [5.41, 5.74) is 2.23. The van der Waals surface area contributed by atoms with Crippen LogP contribution in [0.5, 0.6) is 0 Å². The normalized spacial score (nSPS) is 11.7.